The molecule has 2 heterocycles. The summed E-state index contributed by atoms with van der Waals surface area (Å²) in [6.45, 7) is 1.26. The van der Waals surface area contributed by atoms with Gasteiger partial charge in [0.2, 0.25) is 5.91 Å². The van der Waals surface area contributed by atoms with E-state index in [0.29, 0.717) is 24.5 Å². The van der Waals surface area contributed by atoms with Crippen LogP contribution in [0.3, 0.4) is 0 Å². The molecular formula is C10H13N5OS. The number of carbonyl (C=O) groups excluding carboxylic acids is 1. The van der Waals surface area contributed by atoms with Gasteiger partial charge in [-0.05, 0) is 12.5 Å². The smallest absolute Gasteiger partial charge is 0.222 e. The number of aromatic nitrogens is 2. The number of amides is 1. The van der Waals surface area contributed by atoms with Gasteiger partial charge in [-0.15, -0.1) is 5.10 Å². The highest BCUT2D eigenvalue weighted by Gasteiger charge is 2.29. The summed E-state index contributed by atoms with van der Waals surface area (Å²) in [4.78, 5) is 13.3. The van der Waals surface area contributed by atoms with Gasteiger partial charge in [0.25, 0.3) is 0 Å². The largest absolute Gasteiger partial charge is 0.389 e. The van der Waals surface area contributed by atoms with Crippen molar-refractivity contribution >= 4 is 28.9 Å². The zero-order valence-electron chi connectivity index (χ0n) is 9.17. The molecule has 0 bridgehead atoms. The Hall–Kier alpha value is -1.76. The van der Waals surface area contributed by atoms with Crippen LogP contribution in [0.5, 0.6) is 0 Å². The Morgan fingerprint density at radius 3 is 2.88 bits per heavy atom. The summed E-state index contributed by atoms with van der Waals surface area (Å²) in [6.07, 6.45) is 2.27. The van der Waals surface area contributed by atoms with Crippen LogP contribution >= 0.6 is 12.2 Å². The number of nitrogens with zero attached hydrogens (tertiary/aromatic N) is 3. The number of carbonyl (C=O) groups is 1. The fourth-order valence-corrected chi connectivity index (χ4v) is 2.09. The first-order valence-electron chi connectivity index (χ1n) is 5.25. The predicted octanol–water partition coefficient (Wildman–Crippen LogP) is -0.578. The maximum Gasteiger partial charge on any atom is 0.222 e. The van der Waals surface area contributed by atoms with Gasteiger partial charge in [0.1, 0.15) is 4.99 Å². The third-order valence-corrected chi connectivity index (χ3v) is 3.08. The van der Waals surface area contributed by atoms with Crippen LogP contribution in [0.2, 0.25) is 0 Å². The van der Waals surface area contributed by atoms with Crippen molar-refractivity contribution < 1.29 is 4.79 Å². The van der Waals surface area contributed by atoms with E-state index < -0.39 is 0 Å². The van der Waals surface area contributed by atoms with Crippen LogP contribution in [0.1, 0.15) is 12.0 Å². The second kappa shape index (κ2) is 4.62. The van der Waals surface area contributed by atoms with E-state index in [-0.39, 0.29) is 16.8 Å². The SMILES string of the molecule is NC(=O)C1CCN(c2nnccc2C(N)=S)C1. The normalized spacial score (nSPS) is 19.3. The molecule has 4 N–H and O–H groups in total. The summed E-state index contributed by atoms with van der Waals surface area (Å²) >= 11 is 4.96. The molecule has 1 aliphatic heterocycles. The molecule has 1 unspecified atom stereocenters. The zero-order chi connectivity index (χ0) is 12.4. The molecule has 0 spiro atoms. The average Bonchev–Trinajstić information content (AvgIpc) is 2.78. The van der Waals surface area contributed by atoms with E-state index in [1.165, 1.54) is 0 Å². The van der Waals surface area contributed by atoms with Crippen molar-refractivity contribution in [2.45, 2.75) is 6.42 Å². The van der Waals surface area contributed by atoms with Crippen LogP contribution in [0.4, 0.5) is 5.82 Å². The Kier molecular flexibility index (Phi) is 3.19. The van der Waals surface area contributed by atoms with E-state index in [4.69, 9.17) is 23.7 Å². The van der Waals surface area contributed by atoms with Gasteiger partial charge in [0.05, 0.1) is 17.7 Å². The molecule has 0 saturated carbocycles. The molecule has 1 saturated heterocycles. The first-order valence-corrected chi connectivity index (χ1v) is 5.66. The van der Waals surface area contributed by atoms with Crippen molar-refractivity contribution in [3.63, 3.8) is 0 Å². The van der Waals surface area contributed by atoms with Crippen molar-refractivity contribution in [2.75, 3.05) is 18.0 Å². The fourth-order valence-electron chi connectivity index (χ4n) is 1.94. The third-order valence-electron chi connectivity index (χ3n) is 2.86. The first-order chi connectivity index (χ1) is 8.09. The van der Waals surface area contributed by atoms with Crippen molar-refractivity contribution in [2.24, 2.45) is 17.4 Å². The molecule has 2 rings (SSSR count). The topological polar surface area (TPSA) is 98.1 Å². The Labute approximate surface area is 104 Å². The Bertz CT molecular complexity index is 464. The molecule has 90 valence electrons. The van der Waals surface area contributed by atoms with Crippen LogP contribution in [0.15, 0.2) is 12.3 Å². The molecule has 0 radical (unpaired) electrons. The molecule has 1 aliphatic rings. The number of nitrogens with two attached hydrogens (primary N) is 2. The van der Waals surface area contributed by atoms with Gasteiger partial charge >= 0.3 is 0 Å². The third kappa shape index (κ3) is 2.33. The number of hydrogen-bond acceptors (Lipinski definition) is 5. The van der Waals surface area contributed by atoms with Crippen LogP contribution in [-0.2, 0) is 4.79 Å². The molecule has 0 aliphatic carbocycles. The molecule has 1 aromatic heterocycles. The van der Waals surface area contributed by atoms with E-state index in [0.717, 1.165) is 6.42 Å². The van der Waals surface area contributed by atoms with Crippen LogP contribution in [0.25, 0.3) is 0 Å². The van der Waals surface area contributed by atoms with Crippen molar-refractivity contribution in [1.29, 1.82) is 0 Å². The Morgan fingerprint density at radius 1 is 1.53 bits per heavy atom. The summed E-state index contributed by atoms with van der Waals surface area (Å²) in [5.41, 5.74) is 11.6. The molecule has 1 amide bonds. The van der Waals surface area contributed by atoms with Crippen LogP contribution < -0.4 is 16.4 Å². The highest BCUT2D eigenvalue weighted by Crippen LogP contribution is 2.24. The van der Waals surface area contributed by atoms with E-state index in [1.807, 2.05) is 4.90 Å². The van der Waals surface area contributed by atoms with E-state index in [1.54, 1.807) is 12.3 Å². The van der Waals surface area contributed by atoms with Gasteiger partial charge in [0.15, 0.2) is 5.82 Å². The van der Waals surface area contributed by atoms with Gasteiger partial charge in [-0.25, -0.2) is 0 Å². The van der Waals surface area contributed by atoms with Gasteiger partial charge in [-0.1, -0.05) is 12.2 Å². The van der Waals surface area contributed by atoms with E-state index in [2.05, 4.69) is 10.2 Å². The molecule has 1 fully saturated rings. The van der Waals surface area contributed by atoms with Gasteiger partial charge in [-0.3, -0.25) is 4.79 Å². The zero-order valence-corrected chi connectivity index (χ0v) is 9.98. The Morgan fingerprint density at radius 2 is 2.29 bits per heavy atom. The standard InChI is InChI=1S/C10H13N5OS/c11-8(16)6-2-4-15(5-6)10-7(9(12)17)1-3-13-14-10/h1,3,6H,2,4-5H2,(H2,11,16)(H2,12,17). The molecule has 17 heavy (non-hydrogen) atoms. The molecule has 0 aromatic carbocycles. The summed E-state index contributed by atoms with van der Waals surface area (Å²) in [7, 11) is 0. The number of thiocarbonyl (C=S) groups is 1. The van der Waals surface area contributed by atoms with Gasteiger partial charge < -0.3 is 16.4 Å². The number of primary amides is 1. The molecular weight excluding hydrogens is 238 g/mol. The predicted molar refractivity (Wildman–Crippen MR) is 67.4 cm³/mol. The monoisotopic (exact) mass is 251 g/mol. The second-order valence-electron chi connectivity index (χ2n) is 3.97. The van der Waals surface area contributed by atoms with E-state index in [9.17, 15) is 4.79 Å². The highest BCUT2D eigenvalue weighted by molar-refractivity contribution is 7.80. The molecule has 7 heteroatoms. The fraction of sp³-hybridized carbons (Fsp3) is 0.400. The lowest BCUT2D eigenvalue weighted by atomic mass is 10.1. The van der Waals surface area contributed by atoms with Crippen molar-refractivity contribution in [3.05, 3.63) is 17.8 Å². The molecule has 1 aromatic rings. The molecule has 6 nitrogen and oxygen atoms in total. The highest BCUT2D eigenvalue weighted by atomic mass is 32.1. The van der Waals surface area contributed by atoms with Crippen LogP contribution in [-0.4, -0.2) is 34.2 Å². The second-order valence-corrected chi connectivity index (χ2v) is 4.41. The summed E-state index contributed by atoms with van der Waals surface area (Å²) in [6, 6.07) is 1.72. The summed E-state index contributed by atoms with van der Waals surface area (Å²) in [5, 5.41) is 7.85. The quantitative estimate of drug-likeness (QED) is 0.698. The number of rotatable bonds is 3. The lowest BCUT2D eigenvalue weighted by molar-refractivity contribution is -0.121. The minimum Gasteiger partial charge on any atom is -0.389 e. The lowest BCUT2D eigenvalue weighted by Crippen LogP contribution is -2.29. The maximum absolute atomic E-state index is 11.1. The minimum absolute atomic E-state index is 0.142. The van der Waals surface area contributed by atoms with E-state index >= 15 is 0 Å². The Balaban J connectivity index is 2.24. The average molecular weight is 251 g/mol. The number of hydrogen-bond donors (Lipinski definition) is 2. The maximum atomic E-state index is 11.1. The summed E-state index contributed by atoms with van der Waals surface area (Å²) in [5.74, 6) is 0.202. The number of anilines is 1. The lowest BCUT2D eigenvalue weighted by Gasteiger charge is -2.18. The van der Waals surface area contributed by atoms with Crippen LogP contribution in [0, 0.1) is 5.92 Å². The van der Waals surface area contributed by atoms with Gasteiger partial charge in [0, 0.05) is 13.1 Å². The summed E-state index contributed by atoms with van der Waals surface area (Å²) < 4.78 is 0. The van der Waals surface area contributed by atoms with Gasteiger partial charge in [-0.2, -0.15) is 5.10 Å². The molecule has 1 atom stereocenters. The van der Waals surface area contributed by atoms with Crippen molar-refractivity contribution in [3.8, 4) is 0 Å². The van der Waals surface area contributed by atoms with Crippen molar-refractivity contribution in [1.82, 2.24) is 10.2 Å². The first kappa shape index (κ1) is 11.7. The minimum atomic E-state index is -0.284.